The Morgan fingerprint density at radius 1 is 1.16 bits per heavy atom. The number of nitrogens with zero attached hydrogens (tertiary/aromatic N) is 4. The van der Waals surface area contributed by atoms with Crippen LogP contribution in [0.3, 0.4) is 0 Å². The number of rotatable bonds is 3. The van der Waals surface area contributed by atoms with Gasteiger partial charge in [0.25, 0.3) is 0 Å². The minimum Gasteiger partial charge on any atom is -0.342 e. The van der Waals surface area contributed by atoms with Crippen molar-refractivity contribution in [2.45, 2.75) is 44.6 Å². The van der Waals surface area contributed by atoms with Gasteiger partial charge in [-0.05, 0) is 30.7 Å². The van der Waals surface area contributed by atoms with Gasteiger partial charge < -0.3 is 9.47 Å². The minimum atomic E-state index is -0.720. The van der Waals surface area contributed by atoms with Gasteiger partial charge in [0.05, 0.1) is 5.41 Å². The molecule has 0 spiro atoms. The lowest BCUT2D eigenvalue weighted by Crippen LogP contribution is -2.46. The Morgan fingerprint density at radius 3 is 2.32 bits per heavy atom. The van der Waals surface area contributed by atoms with Crippen molar-refractivity contribution in [2.24, 2.45) is 5.41 Å². The first kappa shape index (κ1) is 16.2. The number of carbonyl (C=O) groups excluding carboxylic acids is 1. The van der Waals surface area contributed by atoms with Crippen LogP contribution in [0.15, 0.2) is 36.9 Å². The van der Waals surface area contributed by atoms with Gasteiger partial charge >= 0.3 is 0 Å². The summed E-state index contributed by atoms with van der Waals surface area (Å²) in [6.45, 7) is 5.49. The Morgan fingerprint density at radius 2 is 1.76 bits per heavy atom. The van der Waals surface area contributed by atoms with Gasteiger partial charge in [0, 0.05) is 24.7 Å². The van der Waals surface area contributed by atoms with E-state index in [0.29, 0.717) is 31.1 Å². The molecule has 4 rings (SSSR count). The Bertz CT molecular complexity index is 780. The quantitative estimate of drug-likeness (QED) is 0.862. The molecule has 2 heterocycles. The van der Waals surface area contributed by atoms with Crippen molar-refractivity contribution in [3.63, 3.8) is 0 Å². The third-order valence-corrected chi connectivity index (χ3v) is 6.05. The second-order valence-electron chi connectivity index (χ2n) is 7.88. The van der Waals surface area contributed by atoms with E-state index in [9.17, 15) is 9.18 Å². The van der Waals surface area contributed by atoms with E-state index in [1.807, 2.05) is 15.5 Å². The van der Waals surface area contributed by atoms with Crippen LogP contribution in [0.25, 0.3) is 0 Å². The van der Waals surface area contributed by atoms with Gasteiger partial charge in [-0.3, -0.25) is 4.79 Å². The van der Waals surface area contributed by atoms with Gasteiger partial charge in [-0.1, -0.05) is 32.0 Å². The van der Waals surface area contributed by atoms with Crippen molar-refractivity contribution < 1.29 is 9.18 Å². The van der Waals surface area contributed by atoms with E-state index in [1.54, 1.807) is 24.8 Å². The van der Waals surface area contributed by atoms with E-state index < -0.39 is 5.41 Å². The number of hydrogen-bond donors (Lipinski definition) is 0. The lowest BCUT2D eigenvalue weighted by atomic mass is 9.85. The first-order valence-electron chi connectivity index (χ1n) is 8.84. The molecule has 6 heteroatoms. The predicted octanol–water partition coefficient (Wildman–Crippen LogP) is 2.95. The van der Waals surface area contributed by atoms with Crippen molar-refractivity contribution in [2.75, 3.05) is 13.1 Å². The fourth-order valence-electron chi connectivity index (χ4n) is 4.40. The third-order valence-electron chi connectivity index (χ3n) is 6.05. The number of halogens is 1. The van der Waals surface area contributed by atoms with E-state index in [4.69, 9.17) is 0 Å². The van der Waals surface area contributed by atoms with Crippen LogP contribution in [0.5, 0.6) is 0 Å². The molecule has 1 saturated heterocycles. The lowest BCUT2D eigenvalue weighted by molar-refractivity contribution is -0.136. The van der Waals surface area contributed by atoms with Crippen molar-refractivity contribution in [3.05, 3.63) is 48.3 Å². The van der Waals surface area contributed by atoms with E-state index in [1.165, 1.54) is 6.07 Å². The number of hydrogen-bond acceptors (Lipinski definition) is 3. The Hall–Kier alpha value is -2.24. The van der Waals surface area contributed by atoms with Crippen molar-refractivity contribution in [1.29, 1.82) is 0 Å². The predicted molar refractivity (Wildman–Crippen MR) is 91.3 cm³/mol. The Kier molecular flexibility index (Phi) is 3.67. The average molecular weight is 342 g/mol. The summed E-state index contributed by atoms with van der Waals surface area (Å²) in [4.78, 5) is 15.3. The van der Waals surface area contributed by atoms with Crippen molar-refractivity contribution in [1.82, 2.24) is 19.7 Å². The average Bonchev–Trinajstić information content (AvgIpc) is 2.98. The standard InChI is InChI=1S/C19H23FN4O/c1-18(2)11-19(18,15-5-3-4-6-16(15)20)17(25)23-9-7-14(8-10-23)24-12-21-22-13-24/h3-6,12-14H,7-11H2,1-2H3/t19-/m1/s1. The first-order chi connectivity index (χ1) is 12.0. The number of likely N-dealkylation sites (tertiary alicyclic amines) is 1. The summed E-state index contributed by atoms with van der Waals surface area (Å²) in [5.74, 6) is -0.203. The summed E-state index contributed by atoms with van der Waals surface area (Å²) in [5, 5.41) is 7.72. The van der Waals surface area contributed by atoms with Crippen LogP contribution in [0.1, 0.15) is 44.7 Å². The van der Waals surface area contributed by atoms with Crippen molar-refractivity contribution >= 4 is 5.91 Å². The Balaban J connectivity index is 1.55. The van der Waals surface area contributed by atoms with Crippen LogP contribution in [0, 0.1) is 11.2 Å². The van der Waals surface area contributed by atoms with E-state index in [0.717, 1.165) is 12.8 Å². The van der Waals surface area contributed by atoms with E-state index in [2.05, 4.69) is 24.0 Å². The maximum Gasteiger partial charge on any atom is 0.233 e. The largest absolute Gasteiger partial charge is 0.342 e. The fraction of sp³-hybridized carbons (Fsp3) is 0.526. The van der Waals surface area contributed by atoms with E-state index in [-0.39, 0.29) is 17.1 Å². The zero-order valence-corrected chi connectivity index (χ0v) is 14.7. The highest BCUT2D eigenvalue weighted by atomic mass is 19.1. The molecule has 0 unspecified atom stereocenters. The summed E-state index contributed by atoms with van der Waals surface area (Å²) in [6.07, 6.45) is 5.90. The van der Waals surface area contributed by atoms with Crippen LogP contribution < -0.4 is 0 Å². The number of benzene rings is 1. The molecule has 1 aromatic heterocycles. The smallest absolute Gasteiger partial charge is 0.233 e. The van der Waals surface area contributed by atoms with Gasteiger partial charge in [-0.2, -0.15) is 0 Å². The molecule has 1 aliphatic carbocycles. The topological polar surface area (TPSA) is 51.0 Å². The zero-order chi connectivity index (χ0) is 17.7. The lowest BCUT2D eigenvalue weighted by Gasteiger charge is -2.36. The molecule has 0 radical (unpaired) electrons. The monoisotopic (exact) mass is 342 g/mol. The molecule has 1 aliphatic heterocycles. The maximum atomic E-state index is 14.5. The maximum absolute atomic E-state index is 14.5. The van der Waals surface area contributed by atoms with Gasteiger partial charge in [-0.15, -0.1) is 10.2 Å². The van der Waals surface area contributed by atoms with Crippen LogP contribution in [0.2, 0.25) is 0 Å². The Labute approximate surface area is 146 Å². The highest BCUT2D eigenvalue weighted by Crippen LogP contribution is 2.65. The van der Waals surface area contributed by atoms with Crippen LogP contribution >= 0.6 is 0 Å². The highest BCUT2D eigenvalue weighted by Gasteiger charge is 2.68. The van der Waals surface area contributed by atoms with Gasteiger partial charge in [0.2, 0.25) is 5.91 Å². The summed E-state index contributed by atoms with van der Waals surface area (Å²) < 4.78 is 16.5. The molecule has 25 heavy (non-hydrogen) atoms. The van der Waals surface area contributed by atoms with Crippen LogP contribution in [-0.2, 0) is 10.2 Å². The number of piperidine rings is 1. The SMILES string of the molecule is CC1(C)C[C@]1(C(=O)N1CCC(n2cnnc2)CC1)c1ccccc1F. The number of aromatic nitrogens is 3. The highest BCUT2D eigenvalue weighted by molar-refractivity contribution is 5.93. The second kappa shape index (κ2) is 5.64. The fourth-order valence-corrected chi connectivity index (χ4v) is 4.40. The molecule has 0 bridgehead atoms. The van der Waals surface area contributed by atoms with E-state index >= 15 is 0 Å². The normalized spacial score (nSPS) is 25.8. The molecular weight excluding hydrogens is 319 g/mol. The summed E-state index contributed by atoms with van der Waals surface area (Å²) in [7, 11) is 0. The molecule has 1 atom stereocenters. The molecular formula is C19H23FN4O. The molecule has 1 aromatic carbocycles. The summed E-state index contributed by atoms with van der Waals surface area (Å²) in [5.41, 5.74) is -0.384. The third kappa shape index (κ3) is 2.46. The zero-order valence-electron chi connectivity index (χ0n) is 14.7. The molecule has 2 fully saturated rings. The molecule has 2 aliphatic rings. The van der Waals surface area contributed by atoms with Crippen molar-refractivity contribution in [3.8, 4) is 0 Å². The van der Waals surface area contributed by atoms with Crippen LogP contribution in [0.4, 0.5) is 4.39 Å². The molecule has 1 saturated carbocycles. The minimum absolute atomic E-state index is 0.0739. The molecule has 1 amide bonds. The molecule has 132 valence electrons. The molecule has 2 aromatic rings. The summed E-state index contributed by atoms with van der Waals surface area (Å²) in [6, 6.07) is 7.05. The van der Waals surface area contributed by atoms with Gasteiger partial charge in [0.1, 0.15) is 18.5 Å². The van der Waals surface area contributed by atoms with Crippen LogP contribution in [-0.4, -0.2) is 38.7 Å². The summed E-state index contributed by atoms with van der Waals surface area (Å²) >= 11 is 0. The molecule has 5 nitrogen and oxygen atoms in total. The number of amides is 1. The second-order valence-corrected chi connectivity index (χ2v) is 7.88. The first-order valence-corrected chi connectivity index (χ1v) is 8.84. The van der Waals surface area contributed by atoms with Gasteiger partial charge in [-0.25, -0.2) is 4.39 Å². The molecule has 0 N–H and O–H groups in total. The van der Waals surface area contributed by atoms with Gasteiger partial charge in [0.15, 0.2) is 0 Å². The number of carbonyl (C=O) groups is 1.